The third-order valence-electron chi connectivity index (χ3n) is 3.68. The zero-order chi connectivity index (χ0) is 14.4. The van der Waals surface area contributed by atoms with Gasteiger partial charge in [0.05, 0.1) is 0 Å². The first-order chi connectivity index (χ1) is 9.81. The molecule has 1 atom stereocenters. The number of nitrogens with zero attached hydrogens (tertiary/aromatic N) is 3. The Labute approximate surface area is 120 Å². The zero-order valence-electron chi connectivity index (χ0n) is 12.3. The summed E-state index contributed by atoms with van der Waals surface area (Å²) in [6.45, 7) is 4.29. The van der Waals surface area contributed by atoms with E-state index >= 15 is 0 Å². The third kappa shape index (κ3) is 3.07. The summed E-state index contributed by atoms with van der Waals surface area (Å²) < 4.78 is 2.00. The predicted molar refractivity (Wildman–Crippen MR) is 79.8 cm³/mol. The number of aromatic nitrogens is 3. The number of benzene rings is 1. The van der Waals surface area contributed by atoms with Crippen LogP contribution in [0.1, 0.15) is 57.1 Å². The first-order valence-corrected chi connectivity index (χ1v) is 7.42. The summed E-state index contributed by atoms with van der Waals surface area (Å²) in [6.07, 6.45) is 4.53. The molecule has 0 fully saturated rings. The van der Waals surface area contributed by atoms with Crippen molar-refractivity contribution < 1.29 is 5.11 Å². The van der Waals surface area contributed by atoms with E-state index in [9.17, 15) is 5.11 Å². The molecule has 0 radical (unpaired) electrons. The zero-order valence-corrected chi connectivity index (χ0v) is 12.3. The Balaban J connectivity index is 2.41. The van der Waals surface area contributed by atoms with Crippen molar-refractivity contribution in [2.45, 2.75) is 52.1 Å². The van der Waals surface area contributed by atoms with E-state index in [1.54, 1.807) is 0 Å². The standard InChI is InChI=1S/C16H23N3O/c1-3-5-9-13(4-2)16-18-17-15(12-20)19(16)14-10-7-6-8-11-14/h6-8,10-11,13,20H,3-5,9,12H2,1-2H3. The first-order valence-electron chi connectivity index (χ1n) is 7.42. The lowest BCUT2D eigenvalue weighted by Gasteiger charge is -2.16. The molecule has 1 aromatic carbocycles. The van der Waals surface area contributed by atoms with Gasteiger partial charge in [-0.1, -0.05) is 44.9 Å². The lowest BCUT2D eigenvalue weighted by atomic mass is 9.98. The van der Waals surface area contributed by atoms with E-state index in [2.05, 4.69) is 24.0 Å². The van der Waals surface area contributed by atoms with Gasteiger partial charge in [-0.15, -0.1) is 10.2 Å². The smallest absolute Gasteiger partial charge is 0.163 e. The van der Waals surface area contributed by atoms with Gasteiger partial charge < -0.3 is 5.11 Å². The molecular formula is C16H23N3O. The highest BCUT2D eigenvalue weighted by molar-refractivity contribution is 5.34. The topological polar surface area (TPSA) is 50.9 Å². The molecule has 1 aromatic heterocycles. The average Bonchev–Trinajstić information content (AvgIpc) is 2.93. The molecular weight excluding hydrogens is 250 g/mol. The van der Waals surface area contributed by atoms with Crippen molar-refractivity contribution in [3.63, 3.8) is 0 Å². The van der Waals surface area contributed by atoms with Crippen molar-refractivity contribution >= 4 is 0 Å². The summed E-state index contributed by atoms with van der Waals surface area (Å²) in [4.78, 5) is 0. The molecule has 2 rings (SSSR count). The van der Waals surface area contributed by atoms with Gasteiger partial charge in [-0.25, -0.2) is 0 Å². The van der Waals surface area contributed by atoms with E-state index < -0.39 is 0 Å². The van der Waals surface area contributed by atoms with Crippen molar-refractivity contribution in [1.29, 1.82) is 0 Å². The molecule has 0 spiro atoms. The van der Waals surface area contributed by atoms with Gasteiger partial charge in [0.1, 0.15) is 12.4 Å². The minimum absolute atomic E-state index is 0.0912. The Morgan fingerprint density at radius 2 is 1.90 bits per heavy atom. The Hall–Kier alpha value is -1.68. The second kappa shape index (κ2) is 7.20. The molecule has 108 valence electrons. The Kier molecular flexibility index (Phi) is 5.30. The quantitative estimate of drug-likeness (QED) is 0.840. The highest BCUT2D eigenvalue weighted by Gasteiger charge is 2.20. The molecule has 0 aliphatic carbocycles. The van der Waals surface area contributed by atoms with Gasteiger partial charge in [0, 0.05) is 11.6 Å². The van der Waals surface area contributed by atoms with Crippen LogP contribution in [0.25, 0.3) is 5.69 Å². The highest BCUT2D eigenvalue weighted by Crippen LogP contribution is 2.27. The van der Waals surface area contributed by atoms with Crippen LogP contribution in [0.3, 0.4) is 0 Å². The number of aliphatic hydroxyl groups is 1. The van der Waals surface area contributed by atoms with E-state index in [0.29, 0.717) is 11.7 Å². The summed E-state index contributed by atoms with van der Waals surface area (Å²) in [5, 5.41) is 18.0. The molecule has 0 saturated carbocycles. The van der Waals surface area contributed by atoms with Crippen LogP contribution in [0.5, 0.6) is 0 Å². The Morgan fingerprint density at radius 3 is 2.50 bits per heavy atom. The van der Waals surface area contributed by atoms with Gasteiger partial charge in [0.15, 0.2) is 5.82 Å². The second-order valence-corrected chi connectivity index (χ2v) is 5.05. The maximum Gasteiger partial charge on any atom is 0.163 e. The molecule has 20 heavy (non-hydrogen) atoms. The molecule has 0 saturated heterocycles. The number of hydrogen-bond donors (Lipinski definition) is 1. The van der Waals surface area contributed by atoms with Crippen molar-refractivity contribution in [3.8, 4) is 5.69 Å². The number of rotatable bonds is 7. The lowest BCUT2D eigenvalue weighted by Crippen LogP contribution is -2.10. The first kappa shape index (κ1) is 14.7. The van der Waals surface area contributed by atoms with Gasteiger partial charge in [-0.2, -0.15) is 0 Å². The van der Waals surface area contributed by atoms with Crippen LogP contribution in [0.15, 0.2) is 30.3 Å². The second-order valence-electron chi connectivity index (χ2n) is 5.05. The van der Waals surface area contributed by atoms with E-state index in [4.69, 9.17) is 0 Å². The predicted octanol–water partition coefficient (Wildman–Crippen LogP) is 3.44. The van der Waals surface area contributed by atoms with E-state index in [0.717, 1.165) is 24.4 Å². The lowest BCUT2D eigenvalue weighted by molar-refractivity contribution is 0.268. The van der Waals surface area contributed by atoms with Crippen molar-refractivity contribution in [2.24, 2.45) is 0 Å². The summed E-state index contributed by atoms with van der Waals surface area (Å²) in [5.74, 6) is 1.97. The molecule has 0 aliphatic rings. The number of para-hydroxylation sites is 1. The monoisotopic (exact) mass is 273 g/mol. The third-order valence-corrected chi connectivity index (χ3v) is 3.68. The van der Waals surface area contributed by atoms with Crippen LogP contribution in [-0.2, 0) is 6.61 Å². The molecule has 0 aliphatic heterocycles. The van der Waals surface area contributed by atoms with E-state index in [-0.39, 0.29) is 6.61 Å². The molecule has 1 heterocycles. The van der Waals surface area contributed by atoms with Crippen LogP contribution < -0.4 is 0 Å². The van der Waals surface area contributed by atoms with Gasteiger partial charge >= 0.3 is 0 Å². The molecule has 4 nitrogen and oxygen atoms in total. The number of hydrogen-bond acceptors (Lipinski definition) is 3. The van der Waals surface area contributed by atoms with Crippen LogP contribution in [0.4, 0.5) is 0 Å². The van der Waals surface area contributed by atoms with Crippen LogP contribution in [-0.4, -0.2) is 19.9 Å². The van der Waals surface area contributed by atoms with Crippen LogP contribution in [0.2, 0.25) is 0 Å². The normalized spacial score (nSPS) is 12.6. The van der Waals surface area contributed by atoms with Crippen molar-refractivity contribution in [3.05, 3.63) is 42.0 Å². The van der Waals surface area contributed by atoms with Crippen molar-refractivity contribution in [2.75, 3.05) is 0 Å². The summed E-state index contributed by atoms with van der Waals surface area (Å²) in [5.41, 5.74) is 1.02. The van der Waals surface area contributed by atoms with Gasteiger partial charge in [0.25, 0.3) is 0 Å². The van der Waals surface area contributed by atoms with E-state index in [1.807, 2.05) is 34.9 Å². The van der Waals surface area contributed by atoms with Crippen LogP contribution >= 0.6 is 0 Å². The average molecular weight is 273 g/mol. The maximum atomic E-state index is 9.50. The minimum atomic E-state index is -0.0912. The summed E-state index contributed by atoms with van der Waals surface area (Å²) in [7, 11) is 0. The molecule has 4 heteroatoms. The number of aliphatic hydroxyl groups excluding tert-OH is 1. The highest BCUT2D eigenvalue weighted by atomic mass is 16.3. The fourth-order valence-electron chi connectivity index (χ4n) is 2.52. The van der Waals surface area contributed by atoms with Gasteiger partial charge in [-0.05, 0) is 25.0 Å². The Morgan fingerprint density at radius 1 is 1.15 bits per heavy atom. The fourth-order valence-corrected chi connectivity index (χ4v) is 2.52. The molecule has 2 aromatic rings. The minimum Gasteiger partial charge on any atom is -0.388 e. The Bertz CT molecular complexity index is 522. The van der Waals surface area contributed by atoms with Gasteiger partial charge in [-0.3, -0.25) is 4.57 Å². The van der Waals surface area contributed by atoms with Gasteiger partial charge in [0.2, 0.25) is 0 Å². The number of unbranched alkanes of at least 4 members (excludes halogenated alkanes) is 1. The maximum absolute atomic E-state index is 9.50. The summed E-state index contributed by atoms with van der Waals surface area (Å²) >= 11 is 0. The largest absolute Gasteiger partial charge is 0.388 e. The molecule has 0 bridgehead atoms. The SMILES string of the molecule is CCCCC(CC)c1nnc(CO)n1-c1ccccc1. The fraction of sp³-hybridized carbons (Fsp3) is 0.500. The van der Waals surface area contributed by atoms with E-state index in [1.165, 1.54) is 12.8 Å². The van der Waals surface area contributed by atoms with Crippen molar-refractivity contribution in [1.82, 2.24) is 14.8 Å². The molecule has 1 N–H and O–H groups in total. The summed E-state index contributed by atoms with van der Waals surface area (Å²) in [6, 6.07) is 10.0. The van der Waals surface area contributed by atoms with Crippen LogP contribution in [0, 0.1) is 0 Å². The molecule has 0 amide bonds. The molecule has 1 unspecified atom stereocenters.